The van der Waals surface area contributed by atoms with E-state index in [4.69, 9.17) is 5.84 Å². The fourth-order valence-corrected chi connectivity index (χ4v) is 2.72. The molecule has 2 rings (SSSR count). The van der Waals surface area contributed by atoms with Crippen LogP contribution >= 0.6 is 11.8 Å². The van der Waals surface area contributed by atoms with Crippen LogP contribution in [0.4, 0.5) is 8.78 Å². The fourth-order valence-electron chi connectivity index (χ4n) is 1.70. The molecule has 0 aliphatic carbocycles. The normalized spacial score (nSPS) is 12.4. The van der Waals surface area contributed by atoms with Gasteiger partial charge in [0.1, 0.15) is 11.6 Å². The van der Waals surface area contributed by atoms with Gasteiger partial charge in [-0.15, -0.1) is 11.8 Å². The van der Waals surface area contributed by atoms with Gasteiger partial charge in [-0.3, -0.25) is 11.3 Å². The monoisotopic (exact) mass is 280 g/mol. The first kappa shape index (κ1) is 14.0. The second kappa shape index (κ2) is 6.65. The van der Waals surface area contributed by atoms with Crippen LogP contribution in [-0.4, -0.2) is 5.75 Å². The van der Waals surface area contributed by atoms with Crippen LogP contribution < -0.4 is 11.3 Å². The van der Waals surface area contributed by atoms with E-state index in [9.17, 15) is 8.78 Å². The Kier molecular flexibility index (Phi) is 4.90. The van der Waals surface area contributed by atoms with Crippen molar-refractivity contribution in [2.24, 2.45) is 5.84 Å². The number of halogens is 2. The van der Waals surface area contributed by atoms with Crippen molar-refractivity contribution in [2.45, 2.75) is 10.9 Å². The molecule has 0 aromatic heterocycles. The quantitative estimate of drug-likeness (QED) is 0.501. The minimum atomic E-state index is -0.298. The van der Waals surface area contributed by atoms with Gasteiger partial charge < -0.3 is 0 Å². The topological polar surface area (TPSA) is 38.0 Å². The van der Waals surface area contributed by atoms with Crippen LogP contribution in [0.25, 0.3) is 0 Å². The Morgan fingerprint density at radius 3 is 2.37 bits per heavy atom. The van der Waals surface area contributed by atoms with Crippen molar-refractivity contribution < 1.29 is 8.78 Å². The van der Waals surface area contributed by atoms with Gasteiger partial charge in [-0.25, -0.2) is 8.78 Å². The van der Waals surface area contributed by atoms with Crippen molar-refractivity contribution in [1.29, 1.82) is 0 Å². The molecule has 0 fully saturated rings. The maximum atomic E-state index is 13.2. The third kappa shape index (κ3) is 4.02. The van der Waals surface area contributed by atoms with Crippen LogP contribution in [0.5, 0.6) is 0 Å². The predicted molar refractivity (Wildman–Crippen MR) is 73.6 cm³/mol. The van der Waals surface area contributed by atoms with Crippen LogP contribution in [0.15, 0.2) is 53.4 Å². The Morgan fingerprint density at radius 1 is 1.05 bits per heavy atom. The first-order valence-corrected chi connectivity index (χ1v) is 6.77. The highest BCUT2D eigenvalue weighted by Crippen LogP contribution is 2.25. The Labute approximate surface area is 115 Å². The second-order valence-electron chi connectivity index (χ2n) is 4.04. The standard InChI is InChI=1S/C14H14F2N2S/c15-11-4-1-3-10(7-11)14(18-17)9-19-13-6-2-5-12(16)8-13/h1-8,14,18H,9,17H2. The lowest BCUT2D eigenvalue weighted by Gasteiger charge is -2.16. The fraction of sp³-hybridized carbons (Fsp3) is 0.143. The summed E-state index contributed by atoms with van der Waals surface area (Å²) in [6.07, 6.45) is 0. The molecule has 0 aliphatic heterocycles. The van der Waals surface area contributed by atoms with Crippen molar-refractivity contribution in [3.05, 3.63) is 65.7 Å². The summed E-state index contributed by atoms with van der Waals surface area (Å²) in [4.78, 5) is 0.816. The van der Waals surface area contributed by atoms with Crippen molar-refractivity contribution in [1.82, 2.24) is 5.43 Å². The molecule has 1 unspecified atom stereocenters. The average molecular weight is 280 g/mol. The molecular weight excluding hydrogens is 266 g/mol. The number of hydrogen-bond acceptors (Lipinski definition) is 3. The number of rotatable bonds is 5. The molecule has 3 N–H and O–H groups in total. The maximum absolute atomic E-state index is 13.2. The maximum Gasteiger partial charge on any atom is 0.124 e. The highest BCUT2D eigenvalue weighted by Gasteiger charge is 2.11. The van der Waals surface area contributed by atoms with E-state index < -0.39 is 0 Å². The van der Waals surface area contributed by atoms with Gasteiger partial charge in [-0.05, 0) is 35.9 Å². The predicted octanol–water partition coefficient (Wildman–Crippen LogP) is 3.26. The Bertz CT molecular complexity index is 548. The number of hydrogen-bond donors (Lipinski definition) is 2. The van der Waals surface area contributed by atoms with Crippen LogP contribution in [0.2, 0.25) is 0 Å². The van der Waals surface area contributed by atoms with Crippen molar-refractivity contribution >= 4 is 11.8 Å². The number of nitrogens with one attached hydrogen (secondary N) is 1. The van der Waals surface area contributed by atoms with E-state index >= 15 is 0 Å². The van der Waals surface area contributed by atoms with E-state index in [1.54, 1.807) is 18.2 Å². The molecule has 0 saturated heterocycles. The highest BCUT2D eigenvalue weighted by molar-refractivity contribution is 7.99. The van der Waals surface area contributed by atoms with E-state index in [0.29, 0.717) is 5.75 Å². The van der Waals surface area contributed by atoms with Crippen molar-refractivity contribution in [3.8, 4) is 0 Å². The lowest BCUT2D eigenvalue weighted by Crippen LogP contribution is -2.29. The van der Waals surface area contributed by atoms with Crippen molar-refractivity contribution in [2.75, 3.05) is 5.75 Å². The van der Waals surface area contributed by atoms with Crippen LogP contribution in [0.3, 0.4) is 0 Å². The molecule has 0 aliphatic rings. The molecule has 0 spiro atoms. The van der Waals surface area contributed by atoms with E-state index in [-0.39, 0.29) is 17.7 Å². The zero-order valence-corrected chi connectivity index (χ0v) is 11.0. The van der Waals surface area contributed by atoms with Gasteiger partial charge in [0.25, 0.3) is 0 Å². The molecule has 0 amide bonds. The number of benzene rings is 2. The van der Waals surface area contributed by atoms with Crippen LogP contribution in [0, 0.1) is 11.6 Å². The van der Waals surface area contributed by atoms with E-state index in [0.717, 1.165) is 10.5 Å². The van der Waals surface area contributed by atoms with Gasteiger partial charge in [0.05, 0.1) is 6.04 Å². The molecule has 19 heavy (non-hydrogen) atoms. The third-order valence-corrected chi connectivity index (χ3v) is 3.75. The molecule has 2 aromatic rings. The van der Waals surface area contributed by atoms with Crippen molar-refractivity contribution in [3.63, 3.8) is 0 Å². The Balaban J connectivity index is 2.04. The first-order valence-electron chi connectivity index (χ1n) is 5.79. The van der Waals surface area contributed by atoms with E-state index in [2.05, 4.69) is 5.43 Å². The molecule has 0 saturated carbocycles. The molecule has 0 bridgehead atoms. The minimum absolute atomic E-state index is 0.191. The number of thioether (sulfide) groups is 1. The second-order valence-corrected chi connectivity index (χ2v) is 5.14. The largest absolute Gasteiger partial charge is 0.271 e. The summed E-state index contributed by atoms with van der Waals surface area (Å²) in [6, 6.07) is 12.4. The Morgan fingerprint density at radius 2 is 1.74 bits per heavy atom. The molecular formula is C14H14F2N2S. The lowest BCUT2D eigenvalue weighted by molar-refractivity contribution is 0.591. The summed E-state index contributed by atoms with van der Waals surface area (Å²) in [6.45, 7) is 0. The summed E-state index contributed by atoms with van der Waals surface area (Å²) >= 11 is 1.46. The van der Waals surface area contributed by atoms with Gasteiger partial charge in [0.15, 0.2) is 0 Å². The van der Waals surface area contributed by atoms with E-state index in [1.165, 1.54) is 36.0 Å². The zero-order chi connectivity index (χ0) is 13.7. The first-order chi connectivity index (χ1) is 9.19. The molecule has 0 radical (unpaired) electrons. The Hall–Kier alpha value is -1.43. The van der Waals surface area contributed by atoms with Gasteiger partial charge in [-0.2, -0.15) is 0 Å². The summed E-state index contributed by atoms with van der Waals surface area (Å²) < 4.78 is 26.2. The minimum Gasteiger partial charge on any atom is -0.271 e. The number of nitrogens with two attached hydrogens (primary N) is 1. The summed E-state index contributed by atoms with van der Waals surface area (Å²) in [7, 11) is 0. The molecule has 5 heteroatoms. The van der Waals surface area contributed by atoms with E-state index in [1.807, 2.05) is 6.07 Å². The SMILES string of the molecule is NNC(CSc1cccc(F)c1)c1cccc(F)c1. The van der Waals surface area contributed by atoms with Gasteiger partial charge in [0, 0.05) is 10.6 Å². The lowest BCUT2D eigenvalue weighted by atomic mass is 10.1. The third-order valence-electron chi connectivity index (χ3n) is 2.66. The molecule has 1 atom stereocenters. The molecule has 2 nitrogen and oxygen atoms in total. The highest BCUT2D eigenvalue weighted by atomic mass is 32.2. The summed E-state index contributed by atoms with van der Waals surface area (Å²) in [5.41, 5.74) is 3.42. The van der Waals surface area contributed by atoms with Gasteiger partial charge in [-0.1, -0.05) is 18.2 Å². The van der Waals surface area contributed by atoms with Gasteiger partial charge in [0.2, 0.25) is 0 Å². The molecule has 0 heterocycles. The number of hydrazine groups is 1. The average Bonchev–Trinajstić information content (AvgIpc) is 2.40. The van der Waals surface area contributed by atoms with Crippen LogP contribution in [0.1, 0.15) is 11.6 Å². The van der Waals surface area contributed by atoms with Gasteiger partial charge >= 0.3 is 0 Å². The zero-order valence-electron chi connectivity index (χ0n) is 10.1. The summed E-state index contributed by atoms with van der Waals surface area (Å²) in [5, 5.41) is 0. The van der Waals surface area contributed by atoms with Crippen LogP contribution in [-0.2, 0) is 0 Å². The smallest absolute Gasteiger partial charge is 0.124 e. The summed E-state index contributed by atoms with van der Waals surface area (Å²) in [5.74, 6) is 5.51. The molecule has 100 valence electrons. The molecule has 2 aromatic carbocycles.